The van der Waals surface area contributed by atoms with Crippen LogP contribution >= 0.6 is 0 Å². The number of fused-ring (bicyclic) bond motifs is 3. The van der Waals surface area contributed by atoms with Crippen LogP contribution in [0.4, 0.5) is 0 Å². The fourth-order valence-electron chi connectivity index (χ4n) is 6.88. The van der Waals surface area contributed by atoms with Gasteiger partial charge in [-0.25, -0.2) is 0 Å². The van der Waals surface area contributed by atoms with Crippen LogP contribution in [0.25, 0.3) is 5.76 Å². The Labute approximate surface area is 232 Å². The van der Waals surface area contributed by atoms with Crippen molar-refractivity contribution in [2.24, 2.45) is 23.5 Å². The molecule has 0 bridgehead atoms. The van der Waals surface area contributed by atoms with Gasteiger partial charge in [0.1, 0.15) is 17.4 Å². The Bertz CT molecular complexity index is 1420. The van der Waals surface area contributed by atoms with Crippen LogP contribution in [0.3, 0.4) is 0 Å². The molecule has 2 unspecified atom stereocenters. The van der Waals surface area contributed by atoms with Crippen molar-refractivity contribution < 1.29 is 34.8 Å². The SMILES string of the molecule is Cc1ccc(CNCc2ccc(O)c3c2C[C@@H]2C[C@@H]4[C@@H](N(C)C)C(O)C(C(N)=O)C(=O)[C@]4(O)C(=O)C2=C3O)cc1. The number of carbonyl (C=O) groups is 3. The van der Waals surface area contributed by atoms with Crippen LogP contribution in [0.15, 0.2) is 42.0 Å². The van der Waals surface area contributed by atoms with Gasteiger partial charge in [-0.15, -0.1) is 0 Å². The first-order valence-electron chi connectivity index (χ1n) is 13.4. The van der Waals surface area contributed by atoms with Crippen LogP contribution < -0.4 is 11.1 Å². The Kier molecular flexibility index (Phi) is 7.08. The lowest BCUT2D eigenvalue weighted by Crippen LogP contribution is -2.73. The lowest BCUT2D eigenvalue weighted by Gasteiger charge is -2.53. The number of hydrogen-bond acceptors (Lipinski definition) is 9. The average molecular weight is 550 g/mol. The number of amides is 1. The third-order valence-corrected chi connectivity index (χ3v) is 8.83. The summed E-state index contributed by atoms with van der Waals surface area (Å²) >= 11 is 0. The first kappa shape index (κ1) is 28.0. The van der Waals surface area contributed by atoms with Crippen molar-refractivity contribution in [3.05, 3.63) is 69.8 Å². The van der Waals surface area contributed by atoms with Gasteiger partial charge in [-0.05, 0) is 62.5 Å². The highest BCUT2D eigenvalue weighted by molar-refractivity contribution is 6.25. The van der Waals surface area contributed by atoms with Gasteiger partial charge < -0.3 is 36.4 Å². The number of rotatable bonds is 6. The topological polar surface area (TPSA) is 173 Å². The van der Waals surface area contributed by atoms with Crippen LogP contribution in [0.2, 0.25) is 0 Å². The fraction of sp³-hybridized carbons (Fsp3) is 0.433. The van der Waals surface area contributed by atoms with E-state index >= 15 is 0 Å². The standard InChI is InChI=1S/C30H35N3O7/c1-14-4-6-15(7-5-14)12-32-13-16-8-9-20(34)22-18(16)10-17-11-19-24(33(2)3)26(36)23(29(31)39)28(38)30(19,40)27(37)21(17)25(22)35/h4-9,17,19,23-24,26,32,34-36,40H,10-13H2,1-3H3,(H2,31,39)/t17-,19-,23?,24-,26?,30-/m1/s1. The average Bonchev–Trinajstić information content (AvgIpc) is 2.88. The number of aliphatic hydroxyl groups excluding tert-OH is 2. The largest absolute Gasteiger partial charge is 0.507 e. The number of ketones is 2. The van der Waals surface area contributed by atoms with Gasteiger partial charge in [0.2, 0.25) is 11.7 Å². The Balaban J connectivity index is 1.53. The highest BCUT2D eigenvalue weighted by Gasteiger charge is 2.67. The number of nitrogens with two attached hydrogens (primary N) is 1. The third kappa shape index (κ3) is 4.23. The Morgan fingerprint density at radius 2 is 1.77 bits per heavy atom. The summed E-state index contributed by atoms with van der Waals surface area (Å²) in [5.41, 5.74) is 6.46. The molecule has 6 atom stereocenters. The molecular formula is C30H35N3O7. The normalized spacial score (nSPS) is 29.7. The molecule has 3 aliphatic rings. The van der Waals surface area contributed by atoms with Gasteiger partial charge in [0.15, 0.2) is 11.4 Å². The summed E-state index contributed by atoms with van der Waals surface area (Å²) in [6, 6.07) is 10.4. The molecule has 3 aliphatic carbocycles. The van der Waals surface area contributed by atoms with Crippen molar-refractivity contribution >= 4 is 23.2 Å². The number of phenolic OH excluding ortho intramolecular Hbond substituents is 1. The first-order valence-corrected chi connectivity index (χ1v) is 13.4. The molecule has 7 N–H and O–H groups in total. The van der Waals surface area contributed by atoms with Crippen LogP contribution in [0.5, 0.6) is 5.75 Å². The smallest absolute Gasteiger partial charge is 0.230 e. The van der Waals surface area contributed by atoms with E-state index in [9.17, 15) is 34.8 Å². The molecule has 10 heteroatoms. The lowest BCUT2D eigenvalue weighted by molar-refractivity contribution is -0.184. The summed E-state index contributed by atoms with van der Waals surface area (Å²) < 4.78 is 0. The number of aromatic hydroxyl groups is 1. The number of hydrogen-bond donors (Lipinski definition) is 6. The van der Waals surface area contributed by atoms with E-state index in [4.69, 9.17) is 5.73 Å². The molecule has 40 heavy (non-hydrogen) atoms. The van der Waals surface area contributed by atoms with Crippen molar-refractivity contribution in [3.63, 3.8) is 0 Å². The summed E-state index contributed by atoms with van der Waals surface area (Å²) in [7, 11) is 3.25. The highest BCUT2D eigenvalue weighted by Crippen LogP contribution is 2.52. The molecule has 0 aromatic heterocycles. The lowest BCUT2D eigenvalue weighted by atomic mass is 9.54. The first-order chi connectivity index (χ1) is 18.9. The molecule has 2 aromatic rings. The predicted octanol–water partition coefficient (Wildman–Crippen LogP) is 0.727. The quantitative estimate of drug-likeness (QED) is 0.284. The molecule has 0 radical (unpaired) electrons. The summed E-state index contributed by atoms with van der Waals surface area (Å²) in [6.45, 7) is 3.06. The zero-order valence-electron chi connectivity index (χ0n) is 22.7. The molecule has 0 spiro atoms. The van der Waals surface area contributed by atoms with Crippen molar-refractivity contribution in [1.29, 1.82) is 0 Å². The second kappa shape index (κ2) is 10.1. The fourth-order valence-corrected chi connectivity index (χ4v) is 6.88. The number of aryl methyl sites for hydroxylation is 1. The monoisotopic (exact) mass is 549 g/mol. The van der Waals surface area contributed by atoms with Gasteiger partial charge in [-0.1, -0.05) is 35.9 Å². The molecule has 0 aliphatic heterocycles. The van der Waals surface area contributed by atoms with Gasteiger partial charge in [0.25, 0.3) is 0 Å². The zero-order valence-corrected chi connectivity index (χ0v) is 22.7. The molecule has 2 saturated carbocycles. The van der Waals surface area contributed by atoms with Gasteiger partial charge >= 0.3 is 0 Å². The maximum absolute atomic E-state index is 13.9. The Morgan fingerprint density at radius 1 is 1.10 bits per heavy atom. The van der Waals surface area contributed by atoms with E-state index in [1.165, 1.54) is 6.07 Å². The van der Waals surface area contributed by atoms with Crippen molar-refractivity contribution in [1.82, 2.24) is 10.2 Å². The summed E-state index contributed by atoms with van der Waals surface area (Å²) in [6.07, 6.45) is -1.16. The van der Waals surface area contributed by atoms with Crippen molar-refractivity contribution in [2.45, 2.75) is 50.6 Å². The molecule has 212 valence electrons. The number of nitrogens with one attached hydrogen (secondary N) is 1. The zero-order chi connectivity index (χ0) is 29.1. The van der Waals surface area contributed by atoms with E-state index in [-0.39, 0.29) is 29.7 Å². The van der Waals surface area contributed by atoms with Crippen LogP contribution in [-0.2, 0) is 33.9 Å². The number of aliphatic hydroxyl groups is 3. The number of primary amides is 1. The molecule has 10 nitrogen and oxygen atoms in total. The number of phenols is 1. The van der Waals surface area contributed by atoms with Crippen molar-refractivity contribution in [3.8, 4) is 5.75 Å². The molecule has 2 fully saturated rings. The van der Waals surface area contributed by atoms with Crippen LogP contribution in [0.1, 0.15) is 34.2 Å². The van der Waals surface area contributed by atoms with E-state index in [1.807, 2.05) is 31.2 Å². The maximum Gasteiger partial charge on any atom is 0.230 e. The third-order valence-electron chi connectivity index (χ3n) is 8.83. The highest BCUT2D eigenvalue weighted by atomic mass is 16.3. The van der Waals surface area contributed by atoms with Gasteiger partial charge in [0, 0.05) is 30.6 Å². The maximum atomic E-state index is 13.9. The van der Waals surface area contributed by atoms with Crippen molar-refractivity contribution in [2.75, 3.05) is 14.1 Å². The van der Waals surface area contributed by atoms with Gasteiger partial charge in [-0.3, -0.25) is 14.4 Å². The molecule has 5 rings (SSSR count). The minimum atomic E-state index is -2.66. The minimum Gasteiger partial charge on any atom is -0.507 e. The Morgan fingerprint density at radius 3 is 2.40 bits per heavy atom. The van der Waals surface area contributed by atoms with Gasteiger partial charge in [-0.2, -0.15) is 0 Å². The molecule has 0 heterocycles. The summed E-state index contributed by atoms with van der Waals surface area (Å²) in [4.78, 5) is 41.0. The van der Waals surface area contributed by atoms with Crippen LogP contribution in [-0.4, -0.2) is 74.6 Å². The Hall–Kier alpha value is -3.57. The van der Waals surface area contributed by atoms with Crippen LogP contribution in [0, 0.1) is 24.7 Å². The van der Waals surface area contributed by atoms with E-state index in [1.54, 1.807) is 25.1 Å². The van der Waals surface area contributed by atoms with Gasteiger partial charge in [0.05, 0.1) is 11.7 Å². The molecular weight excluding hydrogens is 514 g/mol. The predicted molar refractivity (Wildman–Crippen MR) is 146 cm³/mol. The molecule has 2 aromatic carbocycles. The second-order valence-corrected chi connectivity index (χ2v) is 11.5. The second-order valence-electron chi connectivity index (χ2n) is 11.5. The number of Topliss-reactive ketones (excluding diaryl/α,β-unsaturated/α-hetero) is 2. The number of benzene rings is 2. The van der Waals surface area contributed by atoms with E-state index in [0.29, 0.717) is 18.7 Å². The minimum absolute atomic E-state index is 0.0874. The van der Waals surface area contributed by atoms with E-state index in [0.717, 1.165) is 16.7 Å². The summed E-state index contributed by atoms with van der Waals surface area (Å²) in [5.74, 6) is -7.46. The number of likely N-dealkylation sites (N-methyl/N-ethyl adjacent to an activating group) is 1. The van der Waals surface area contributed by atoms with E-state index in [2.05, 4.69) is 5.32 Å². The van der Waals surface area contributed by atoms with E-state index < -0.39 is 58.7 Å². The molecule has 1 amide bonds. The number of carbonyl (C=O) groups excluding carboxylic acids is 3. The molecule has 0 saturated heterocycles. The number of nitrogens with zero attached hydrogens (tertiary/aromatic N) is 1. The summed E-state index contributed by atoms with van der Waals surface area (Å²) in [5, 5.41) is 48.1.